The van der Waals surface area contributed by atoms with Gasteiger partial charge in [0.2, 0.25) is 0 Å². The summed E-state index contributed by atoms with van der Waals surface area (Å²) in [6.45, 7) is 7.51. The van der Waals surface area contributed by atoms with Crippen LogP contribution in [0.5, 0.6) is 0 Å². The maximum Gasteiger partial charge on any atom is 0.152 e. The number of aryl methyl sites for hydroxylation is 1. The van der Waals surface area contributed by atoms with E-state index in [-0.39, 0.29) is 0 Å². The van der Waals surface area contributed by atoms with Gasteiger partial charge in [-0.3, -0.25) is 9.80 Å². The lowest BCUT2D eigenvalue weighted by molar-refractivity contribution is 0.0681. The molecule has 6 heteroatoms. The highest BCUT2D eigenvalue weighted by Gasteiger charge is 2.31. The summed E-state index contributed by atoms with van der Waals surface area (Å²) in [5, 5.41) is 3.99. The molecule has 3 rings (SSSR count). The lowest BCUT2D eigenvalue weighted by Crippen LogP contribution is -2.52. The van der Waals surface area contributed by atoms with Gasteiger partial charge in [0.25, 0.3) is 0 Å². The van der Waals surface area contributed by atoms with Gasteiger partial charge in [-0.05, 0) is 26.8 Å². The average molecular weight is 340 g/mol. The van der Waals surface area contributed by atoms with Crippen LogP contribution >= 0.6 is 11.6 Å². The number of hydrogen-bond acceptors (Lipinski definition) is 4. The molecule has 1 aliphatic carbocycles. The minimum atomic E-state index is 0.296. The van der Waals surface area contributed by atoms with Gasteiger partial charge in [0.15, 0.2) is 5.15 Å². The molecule has 1 aromatic heterocycles. The van der Waals surface area contributed by atoms with Crippen molar-refractivity contribution in [2.24, 2.45) is 7.05 Å². The fourth-order valence-electron chi connectivity index (χ4n) is 4.22. The first-order valence-corrected chi connectivity index (χ1v) is 9.31. The Morgan fingerprint density at radius 2 is 1.87 bits per heavy atom. The van der Waals surface area contributed by atoms with Crippen LogP contribution in [0.25, 0.3) is 0 Å². The van der Waals surface area contributed by atoms with Crippen LogP contribution in [0.4, 0.5) is 0 Å². The van der Waals surface area contributed by atoms with E-state index in [1.807, 2.05) is 14.0 Å². The van der Waals surface area contributed by atoms with Gasteiger partial charge in [0.1, 0.15) is 5.82 Å². The highest BCUT2D eigenvalue weighted by Crippen LogP contribution is 2.30. The van der Waals surface area contributed by atoms with Crippen LogP contribution in [0.1, 0.15) is 43.2 Å². The Labute approximate surface area is 145 Å². The summed E-state index contributed by atoms with van der Waals surface area (Å²) in [5.74, 6) is 0.982. The van der Waals surface area contributed by atoms with Crippen LogP contribution in [0.2, 0.25) is 5.15 Å². The highest BCUT2D eigenvalue weighted by atomic mass is 35.5. The van der Waals surface area contributed by atoms with Gasteiger partial charge in [-0.15, -0.1) is 0 Å². The van der Waals surface area contributed by atoms with E-state index in [1.54, 1.807) is 0 Å². The quantitative estimate of drug-likeness (QED) is 0.892. The van der Waals surface area contributed by atoms with E-state index in [2.05, 4.69) is 31.7 Å². The van der Waals surface area contributed by atoms with Crippen LogP contribution in [-0.4, -0.2) is 65.2 Å². The summed E-state index contributed by atoms with van der Waals surface area (Å²) in [5.41, 5.74) is 1.15. The van der Waals surface area contributed by atoms with Gasteiger partial charge in [0.05, 0.1) is 11.7 Å². The van der Waals surface area contributed by atoms with Crippen molar-refractivity contribution in [3.63, 3.8) is 0 Å². The fraction of sp³-hybridized carbons (Fsp3) is 0.824. The van der Waals surface area contributed by atoms with Crippen LogP contribution in [0.3, 0.4) is 0 Å². The fourth-order valence-corrected chi connectivity index (χ4v) is 4.60. The normalized spacial score (nSPS) is 22.8. The largest absolute Gasteiger partial charge is 0.333 e. The molecule has 1 aliphatic heterocycles. The number of likely N-dealkylation sites (N-methyl/N-ethyl adjacent to an activating group) is 1. The second kappa shape index (κ2) is 7.51. The van der Waals surface area contributed by atoms with Crippen molar-refractivity contribution in [1.29, 1.82) is 0 Å². The molecule has 2 heterocycles. The number of halogens is 1. The Morgan fingerprint density at radius 1 is 1.22 bits per heavy atom. The predicted octanol–water partition coefficient (Wildman–Crippen LogP) is 2.20. The van der Waals surface area contributed by atoms with Crippen molar-refractivity contribution in [3.05, 3.63) is 16.7 Å². The van der Waals surface area contributed by atoms with Crippen molar-refractivity contribution in [3.8, 4) is 0 Å². The van der Waals surface area contributed by atoms with Crippen molar-refractivity contribution in [2.75, 3.05) is 39.8 Å². The molecule has 0 radical (unpaired) electrons. The topological polar surface area (TPSA) is 36.3 Å². The summed E-state index contributed by atoms with van der Waals surface area (Å²) < 4.78 is 2.15. The minimum absolute atomic E-state index is 0.296. The lowest BCUT2D eigenvalue weighted by Gasteiger charge is -2.41. The van der Waals surface area contributed by atoms with Gasteiger partial charge in [-0.25, -0.2) is 4.98 Å². The number of rotatable bonds is 5. The number of imidazole rings is 1. The average Bonchev–Trinajstić information content (AvgIpc) is 3.16. The van der Waals surface area contributed by atoms with Gasteiger partial charge in [-0.2, -0.15) is 0 Å². The van der Waals surface area contributed by atoms with Gasteiger partial charge in [-0.1, -0.05) is 24.4 Å². The monoisotopic (exact) mass is 339 g/mol. The minimum Gasteiger partial charge on any atom is -0.333 e. The second-order valence-corrected chi connectivity index (χ2v) is 7.34. The zero-order chi connectivity index (χ0) is 16.4. The van der Waals surface area contributed by atoms with E-state index < -0.39 is 0 Å². The van der Waals surface area contributed by atoms with Crippen molar-refractivity contribution in [1.82, 2.24) is 24.7 Å². The Bertz CT molecular complexity index is 515. The first kappa shape index (κ1) is 17.2. The van der Waals surface area contributed by atoms with Crippen molar-refractivity contribution < 1.29 is 0 Å². The van der Waals surface area contributed by atoms with Crippen molar-refractivity contribution >= 4 is 11.6 Å². The maximum absolute atomic E-state index is 6.44. The van der Waals surface area contributed by atoms with Crippen LogP contribution in [0.15, 0.2) is 0 Å². The standard InChI is InChI=1S/C17H30ClN5/c1-13-20-17(18)16(21(13)3)15(12-19-2)23-10-8-22(9-11-23)14-6-4-5-7-14/h14-15,19H,4-12H2,1-3H3. The van der Waals surface area contributed by atoms with Gasteiger partial charge in [0, 0.05) is 45.8 Å². The molecule has 1 saturated carbocycles. The molecule has 1 atom stereocenters. The molecular weight excluding hydrogens is 310 g/mol. The van der Waals surface area contributed by atoms with Gasteiger partial charge >= 0.3 is 0 Å². The lowest BCUT2D eigenvalue weighted by atomic mass is 10.1. The number of nitrogens with zero attached hydrogens (tertiary/aromatic N) is 4. The first-order chi connectivity index (χ1) is 11.1. The van der Waals surface area contributed by atoms with Crippen LogP contribution in [0, 0.1) is 6.92 Å². The molecule has 0 aromatic carbocycles. The molecule has 130 valence electrons. The van der Waals surface area contributed by atoms with Crippen molar-refractivity contribution in [2.45, 2.75) is 44.7 Å². The SMILES string of the molecule is CNCC(c1c(Cl)nc(C)n1C)N1CCN(C2CCCC2)CC1. The van der Waals surface area contributed by atoms with E-state index in [0.29, 0.717) is 11.2 Å². The van der Waals surface area contributed by atoms with E-state index in [4.69, 9.17) is 11.6 Å². The van der Waals surface area contributed by atoms with E-state index >= 15 is 0 Å². The summed E-state index contributed by atoms with van der Waals surface area (Å²) in [6.07, 6.45) is 5.62. The molecule has 5 nitrogen and oxygen atoms in total. The molecule has 0 spiro atoms. The number of piperazine rings is 1. The summed E-state index contributed by atoms with van der Waals surface area (Å²) >= 11 is 6.44. The summed E-state index contributed by atoms with van der Waals surface area (Å²) in [7, 11) is 4.08. The third kappa shape index (κ3) is 3.58. The third-order valence-electron chi connectivity index (χ3n) is 5.66. The maximum atomic E-state index is 6.44. The first-order valence-electron chi connectivity index (χ1n) is 8.93. The summed E-state index contributed by atoms with van der Waals surface area (Å²) in [4.78, 5) is 9.73. The molecule has 1 saturated heterocycles. The predicted molar refractivity (Wildman–Crippen MR) is 95.0 cm³/mol. The Kier molecular flexibility index (Phi) is 5.62. The highest BCUT2D eigenvalue weighted by molar-refractivity contribution is 6.30. The number of aromatic nitrogens is 2. The Morgan fingerprint density at radius 3 is 2.39 bits per heavy atom. The molecular formula is C17H30ClN5. The van der Waals surface area contributed by atoms with Crippen LogP contribution in [-0.2, 0) is 7.05 Å². The zero-order valence-electron chi connectivity index (χ0n) is 14.7. The van der Waals surface area contributed by atoms with E-state index in [1.165, 1.54) is 38.8 Å². The molecule has 0 bridgehead atoms. The summed E-state index contributed by atoms with van der Waals surface area (Å²) in [6, 6.07) is 1.13. The van der Waals surface area contributed by atoms with E-state index in [0.717, 1.165) is 37.2 Å². The molecule has 0 amide bonds. The second-order valence-electron chi connectivity index (χ2n) is 6.98. The number of hydrogen-bond donors (Lipinski definition) is 1. The molecule has 2 fully saturated rings. The molecule has 1 N–H and O–H groups in total. The third-order valence-corrected chi connectivity index (χ3v) is 5.94. The van der Waals surface area contributed by atoms with Gasteiger partial charge < -0.3 is 9.88 Å². The van der Waals surface area contributed by atoms with Crippen LogP contribution < -0.4 is 5.32 Å². The molecule has 23 heavy (non-hydrogen) atoms. The molecule has 1 aromatic rings. The Balaban J connectivity index is 1.70. The Hall–Kier alpha value is -0.620. The van der Waals surface area contributed by atoms with E-state index in [9.17, 15) is 0 Å². The molecule has 2 aliphatic rings. The smallest absolute Gasteiger partial charge is 0.152 e. The number of nitrogens with one attached hydrogen (secondary N) is 1. The molecule has 1 unspecified atom stereocenters. The zero-order valence-corrected chi connectivity index (χ0v) is 15.4.